The molecule has 2 aliphatic heterocycles. The number of nitrogens with zero attached hydrogens (tertiary/aromatic N) is 3. The van der Waals surface area contributed by atoms with Gasteiger partial charge < -0.3 is 15.3 Å². The van der Waals surface area contributed by atoms with Crippen molar-refractivity contribution in [2.24, 2.45) is 0 Å². The summed E-state index contributed by atoms with van der Waals surface area (Å²) in [5.74, 6) is 0.728. The molecule has 168 valence electrons. The van der Waals surface area contributed by atoms with Crippen LogP contribution in [0.5, 0.6) is 0 Å². The van der Waals surface area contributed by atoms with Gasteiger partial charge in [-0.2, -0.15) is 5.26 Å². The summed E-state index contributed by atoms with van der Waals surface area (Å²) in [4.78, 5) is 7.94. The van der Waals surface area contributed by atoms with Crippen LogP contribution < -0.4 is 10.2 Å². The summed E-state index contributed by atoms with van der Waals surface area (Å²) in [5, 5.41) is 24.4. The summed E-state index contributed by atoms with van der Waals surface area (Å²) in [7, 11) is -1.16. The first-order chi connectivity index (χ1) is 15.5. The molecule has 32 heavy (non-hydrogen) atoms. The summed E-state index contributed by atoms with van der Waals surface area (Å²) >= 11 is 6.03. The van der Waals surface area contributed by atoms with Crippen LogP contribution in [0, 0.1) is 11.3 Å². The minimum atomic E-state index is -1.16. The smallest absolute Gasteiger partial charge is 0.103 e. The monoisotopic (exact) mass is 470 g/mol. The van der Waals surface area contributed by atoms with Crippen LogP contribution in [-0.4, -0.2) is 45.3 Å². The SMILES string of the molecule is N#Cc1c(C2CCN(c3ccc(Cl)cc3)CC2)nc2c(c1NC1(CO)CCC1)S(=O)CC2. The molecular weight excluding hydrogens is 444 g/mol. The summed E-state index contributed by atoms with van der Waals surface area (Å²) in [6.45, 7) is 1.77. The zero-order valence-corrected chi connectivity index (χ0v) is 19.5. The van der Waals surface area contributed by atoms with Crippen molar-refractivity contribution < 1.29 is 9.32 Å². The topological polar surface area (TPSA) is 89.2 Å². The molecule has 1 aromatic heterocycles. The highest BCUT2D eigenvalue weighted by Crippen LogP contribution is 2.43. The summed E-state index contributed by atoms with van der Waals surface area (Å²) in [6, 6.07) is 10.3. The van der Waals surface area contributed by atoms with Crippen LogP contribution in [0.1, 0.15) is 55.0 Å². The van der Waals surface area contributed by atoms with Crippen LogP contribution >= 0.6 is 11.6 Å². The number of rotatable bonds is 5. The van der Waals surface area contributed by atoms with Gasteiger partial charge in [-0.1, -0.05) is 11.6 Å². The number of hydrogen-bond donors (Lipinski definition) is 2. The second kappa shape index (κ2) is 8.66. The Hall–Kier alpha value is -2.14. The Bertz CT molecular complexity index is 1080. The maximum atomic E-state index is 12.8. The highest BCUT2D eigenvalue weighted by Gasteiger charge is 2.40. The molecule has 2 aromatic rings. The second-order valence-corrected chi connectivity index (χ2v) is 11.0. The third-order valence-electron chi connectivity index (χ3n) is 7.19. The van der Waals surface area contributed by atoms with E-state index in [2.05, 4.69) is 16.3 Å². The van der Waals surface area contributed by atoms with Gasteiger partial charge in [0.1, 0.15) is 6.07 Å². The number of aliphatic hydroxyl groups excluding tert-OH is 1. The molecule has 2 N–H and O–H groups in total. The fourth-order valence-corrected chi connectivity index (χ4v) is 6.63. The predicted molar refractivity (Wildman–Crippen MR) is 127 cm³/mol. The number of hydrogen-bond acceptors (Lipinski definition) is 6. The number of pyridine rings is 1. The Morgan fingerprint density at radius 1 is 1.28 bits per heavy atom. The van der Waals surface area contributed by atoms with Crippen molar-refractivity contribution in [3.63, 3.8) is 0 Å². The normalized spacial score (nSPS) is 22.2. The van der Waals surface area contributed by atoms with Crippen molar-refractivity contribution >= 4 is 33.8 Å². The average Bonchev–Trinajstić information content (AvgIpc) is 3.17. The molecule has 1 unspecified atom stereocenters. The number of nitrogens with one attached hydrogen (secondary N) is 1. The van der Waals surface area contributed by atoms with Gasteiger partial charge in [0, 0.05) is 41.9 Å². The number of aromatic nitrogens is 1. The first kappa shape index (κ1) is 21.7. The Morgan fingerprint density at radius 3 is 2.59 bits per heavy atom. The third kappa shape index (κ3) is 3.79. The van der Waals surface area contributed by atoms with E-state index in [1.54, 1.807) is 0 Å². The second-order valence-electron chi connectivity index (χ2n) is 9.09. The van der Waals surface area contributed by atoms with Gasteiger partial charge in [-0.25, -0.2) is 0 Å². The number of benzene rings is 1. The molecule has 1 aromatic carbocycles. The van der Waals surface area contributed by atoms with E-state index < -0.39 is 16.3 Å². The molecule has 3 aliphatic rings. The Kier molecular flexibility index (Phi) is 5.87. The van der Waals surface area contributed by atoms with E-state index >= 15 is 0 Å². The van der Waals surface area contributed by atoms with Gasteiger partial charge in [0.2, 0.25) is 0 Å². The lowest BCUT2D eigenvalue weighted by molar-refractivity contribution is 0.144. The van der Waals surface area contributed by atoms with E-state index in [1.165, 1.54) is 0 Å². The van der Waals surface area contributed by atoms with Gasteiger partial charge in [0.05, 0.1) is 50.5 Å². The predicted octanol–water partition coefficient (Wildman–Crippen LogP) is 3.98. The number of anilines is 2. The molecule has 1 aliphatic carbocycles. The van der Waals surface area contributed by atoms with E-state index in [9.17, 15) is 14.6 Å². The molecule has 0 bridgehead atoms. The molecule has 2 fully saturated rings. The van der Waals surface area contributed by atoms with Crippen molar-refractivity contribution in [2.45, 2.75) is 54.9 Å². The van der Waals surface area contributed by atoms with E-state index in [4.69, 9.17) is 16.6 Å². The highest BCUT2D eigenvalue weighted by atomic mass is 35.5. The summed E-state index contributed by atoms with van der Waals surface area (Å²) in [5.41, 5.74) is 3.61. The highest BCUT2D eigenvalue weighted by molar-refractivity contribution is 7.85. The van der Waals surface area contributed by atoms with Crippen molar-refractivity contribution in [3.05, 3.63) is 46.2 Å². The average molecular weight is 471 g/mol. The van der Waals surface area contributed by atoms with Crippen molar-refractivity contribution in [1.29, 1.82) is 5.26 Å². The molecule has 0 radical (unpaired) electrons. The molecule has 0 amide bonds. The van der Waals surface area contributed by atoms with Gasteiger partial charge in [0.15, 0.2) is 0 Å². The third-order valence-corrected chi connectivity index (χ3v) is 8.91. The first-order valence-corrected chi connectivity index (χ1v) is 13.0. The largest absolute Gasteiger partial charge is 0.394 e. The zero-order chi connectivity index (χ0) is 22.3. The zero-order valence-electron chi connectivity index (χ0n) is 17.9. The summed E-state index contributed by atoms with van der Waals surface area (Å²) in [6.07, 6.45) is 5.22. The van der Waals surface area contributed by atoms with Gasteiger partial charge in [-0.05, 0) is 56.4 Å². The molecule has 1 atom stereocenters. The number of nitriles is 1. The molecule has 8 heteroatoms. The number of aliphatic hydroxyl groups is 1. The fourth-order valence-electron chi connectivity index (χ4n) is 5.13. The lowest BCUT2D eigenvalue weighted by Crippen LogP contribution is -2.48. The van der Waals surface area contributed by atoms with E-state index in [-0.39, 0.29) is 12.5 Å². The molecule has 1 saturated carbocycles. The number of aryl methyl sites for hydroxylation is 1. The maximum Gasteiger partial charge on any atom is 0.103 e. The Balaban J connectivity index is 1.46. The quantitative estimate of drug-likeness (QED) is 0.687. The van der Waals surface area contributed by atoms with Gasteiger partial charge in [-0.3, -0.25) is 9.19 Å². The van der Waals surface area contributed by atoms with Gasteiger partial charge >= 0.3 is 0 Å². The van der Waals surface area contributed by atoms with Crippen LogP contribution in [0.4, 0.5) is 11.4 Å². The standard InChI is InChI=1S/C24H27ClN4O2S/c25-17-2-4-18(5-3-17)29-11-6-16(7-12-29)21-19(14-26)22(28-24(15-30)9-1-10-24)23-20(27-21)8-13-32(23)31/h2-5,16,30H,1,6-13,15H2,(H,27,28). The minimum Gasteiger partial charge on any atom is -0.394 e. The first-order valence-electron chi connectivity index (χ1n) is 11.3. The van der Waals surface area contributed by atoms with Crippen molar-refractivity contribution in [1.82, 2.24) is 4.98 Å². The van der Waals surface area contributed by atoms with E-state index in [0.29, 0.717) is 28.3 Å². The summed E-state index contributed by atoms with van der Waals surface area (Å²) < 4.78 is 12.8. The van der Waals surface area contributed by atoms with Crippen LogP contribution in [-0.2, 0) is 17.2 Å². The fraction of sp³-hybridized carbons (Fsp3) is 0.500. The number of piperidine rings is 1. The number of fused-ring (bicyclic) bond motifs is 1. The Morgan fingerprint density at radius 2 is 2.00 bits per heavy atom. The number of halogens is 1. The molecule has 6 nitrogen and oxygen atoms in total. The molecule has 5 rings (SSSR count). The van der Waals surface area contributed by atoms with Gasteiger partial charge in [-0.15, -0.1) is 0 Å². The van der Waals surface area contributed by atoms with Crippen molar-refractivity contribution in [3.8, 4) is 6.07 Å². The molecule has 0 spiro atoms. The lowest BCUT2D eigenvalue weighted by Gasteiger charge is -2.42. The Labute approximate surface area is 196 Å². The van der Waals surface area contributed by atoms with Crippen molar-refractivity contribution in [2.75, 3.05) is 35.7 Å². The molecule has 1 saturated heterocycles. The lowest BCUT2D eigenvalue weighted by atomic mass is 9.77. The molecular formula is C24H27ClN4O2S. The van der Waals surface area contributed by atoms with E-state index in [1.807, 2.05) is 24.3 Å². The van der Waals surface area contributed by atoms with Crippen LogP contribution in [0.3, 0.4) is 0 Å². The van der Waals surface area contributed by atoms with Crippen LogP contribution in [0.2, 0.25) is 5.02 Å². The maximum absolute atomic E-state index is 12.8. The van der Waals surface area contributed by atoms with Crippen LogP contribution in [0.25, 0.3) is 0 Å². The van der Waals surface area contributed by atoms with Gasteiger partial charge in [0.25, 0.3) is 0 Å². The minimum absolute atomic E-state index is 0.0103. The van der Waals surface area contributed by atoms with E-state index in [0.717, 1.165) is 67.3 Å². The van der Waals surface area contributed by atoms with Crippen LogP contribution in [0.15, 0.2) is 29.2 Å². The molecule has 3 heterocycles.